The Balaban J connectivity index is 1.97. The van der Waals surface area contributed by atoms with Crippen LogP contribution in [-0.4, -0.2) is 11.0 Å². The Kier molecular flexibility index (Phi) is 4.97. The fourth-order valence-electron chi connectivity index (χ4n) is 2.28. The van der Waals surface area contributed by atoms with E-state index in [1.807, 2.05) is 23.7 Å². The van der Waals surface area contributed by atoms with Crippen molar-refractivity contribution in [1.82, 2.24) is 10.3 Å². The zero-order valence-electron chi connectivity index (χ0n) is 11.5. The van der Waals surface area contributed by atoms with Crippen LogP contribution in [0.3, 0.4) is 0 Å². The molecule has 0 saturated heterocycles. The predicted octanol–water partition coefficient (Wildman–Crippen LogP) is 4.39. The summed E-state index contributed by atoms with van der Waals surface area (Å²) >= 11 is 7.90. The zero-order chi connectivity index (χ0) is 13.8. The molecular formula is C15H19ClN2S. The molecule has 2 rings (SSSR count). The molecule has 1 aromatic carbocycles. The summed E-state index contributed by atoms with van der Waals surface area (Å²) < 4.78 is 0. The Bertz CT molecular complexity index is 538. The van der Waals surface area contributed by atoms with Gasteiger partial charge in [0.1, 0.15) is 0 Å². The molecule has 1 heterocycles. The number of halogens is 1. The highest BCUT2D eigenvalue weighted by atomic mass is 35.5. The van der Waals surface area contributed by atoms with Gasteiger partial charge in [-0.15, -0.1) is 11.3 Å². The second-order valence-corrected chi connectivity index (χ2v) is 6.18. The maximum Gasteiger partial charge on any atom is 0.0798 e. The third kappa shape index (κ3) is 3.78. The molecule has 0 bridgehead atoms. The van der Waals surface area contributed by atoms with Crippen LogP contribution in [0, 0.1) is 6.92 Å². The maximum absolute atomic E-state index is 6.19. The van der Waals surface area contributed by atoms with Crippen LogP contribution in [0.5, 0.6) is 0 Å². The van der Waals surface area contributed by atoms with Crippen molar-refractivity contribution in [2.45, 2.75) is 39.3 Å². The number of nitrogens with zero attached hydrogens (tertiary/aromatic N) is 1. The monoisotopic (exact) mass is 294 g/mol. The highest BCUT2D eigenvalue weighted by molar-refractivity contribution is 7.09. The second kappa shape index (κ2) is 6.51. The van der Waals surface area contributed by atoms with E-state index in [-0.39, 0.29) is 0 Å². The van der Waals surface area contributed by atoms with Gasteiger partial charge in [-0.05, 0) is 38.8 Å². The van der Waals surface area contributed by atoms with Crippen LogP contribution in [0.1, 0.15) is 36.0 Å². The van der Waals surface area contributed by atoms with Gasteiger partial charge < -0.3 is 5.32 Å². The van der Waals surface area contributed by atoms with Gasteiger partial charge in [0.15, 0.2) is 0 Å². The van der Waals surface area contributed by atoms with E-state index in [0.717, 1.165) is 17.1 Å². The first kappa shape index (κ1) is 14.5. The van der Waals surface area contributed by atoms with E-state index in [1.54, 1.807) is 11.3 Å². The number of hydrogen-bond donors (Lipinski definition) is 1. The van der Waals surface area contributed by atoms with Crippen LogP contribution in [0.4, 0.5) is 0 Å². The average Bonchev–Trinajstić information content (AvgIpc) is 2.78. The van der Waals surface area contributed by atoms with Gasteiger partial charge in [-0.3, -0.25) is 0 Å². The Morgan fingerprint density at radius 3 is 2.68 bits per heavy atom. The maximum atomic E-state index is 6.19. The summed E-state index contributed by atoms with van der Waals surface area (Å²) in [6.45, 7) is 6.43. The Hall–Kier alpha value is -0.900. The minimum Gasteiger partial charge on any atom is -0.307 e. The van der Waals surface area contributed by atoms with Crippen molar-refractivity contribution in [3.05, 3.63) is 50.9 Å². The number of aromatic nitrogens is 1. The van der Waals surface area contributed by atoms with E-state index in [0.29, 0.717) is 12.1 Å². The molecule has 102 valence electrons. The van der Waals surface area contributed by atoms with Gasteiger partial charge in [-0.25, -0.2) is 4.98 Å². The molecular weight excluding hydrogens is 276 g/mol. The molecule has 1 aromatic heterocycles. The number of aryl methyl sites for hydroxylation is 1. The van der Waals surface area contributed by atoms with Gasteiger partial charge in [-0.2, -0.15) is 0 Å². The van der Waals surface area contributed by atoms with Crippen molar-refractivity contribution in [1.29, 1.82) is 0 Å². The fraction of sp³-hybridized carbons (Fsp3) is 0.400. The zero-order valence-corrected chi connectivity index (χ0v) is 13.1. The highest BCUT2D eigenvalue weighted by Crippen LogP contribution is 2.23. The molecule has 0 fully saturated rings. The fourth-order valence-corrected chi connectivity index (χ4v) is 3.31. The smallest absolute Gasteiger partial charge is 0.0798 e. The SMILES string of the molecule is Cc1ncsc1C(C)NC(C)Cc1ccccc1Cl. The number of nitrogens with one attached hydrogen (secondary N) is 1. The Morgan fingerprint density at radius 2 is 2.05 bits per heavy atom. The van der Waals surface area contributed by atoms with Gasteiger partial charge in [0.05, 0.1) is 11.2 Å². The summed E-state index contributed by atoms with van der Waals surface area (Å²) in [7, 11) is 0. The van der Waals surface area contributed by atoms with E-state index < -0.39 is 0 Å². The first-order chi connectivity index (χ1) is 9.08. The standard InChI is InChI=1S/C15H19ClN2S/c1-10(8-13-6-4-5-7-14(13)16)18-12(3)15-11(2)17-9-19-15/h4-7,9-10,12,18H,8H2,1-3H3. The lowest BCUT2D eigenvalue weighted by Gasteiger charge is -2.20. The largest absolute Gasteiger partial charge is 0.307 e. The van der Waals surface area contributed by atoms with Crippen molar-refractivity contribution in [3.63, 3.8) is 0 Å². The number of hydrogen-bond acceptors (Lipinski definition) is 3. The Morgan fingerprint density at radius 1 is 1.32 bits per heavy atom. The van der Waals surface area contributed by atoms with Crippen molar-refractivity contribution < 1.29 is 0 Å². The first-order valence-corrected chi connectivity index (χ1v) is 7.73. The molecule has 0 aliphatic rings. The summed E-state index contributed by atoms with van der Waals surface area (Å²) in [5.41, 5.74) is 4.22. The molecule has 0 aliphatic heterocycles. The molecule has 0 saturated carbocycles. The quantitative estimate of drug-likeness (QED) is 0.885. The summed E-state index contributed by atoms with van der Waals surface area (Å²) in [5.74, 6) is 0. The molecule has 2 unspecified atom stereocenters. The van der Waals surface area contributed by atoms with Gasteiger partial charge >= 0.3 is 0 Å². The topological polar surface area (TPSA) is 24.9 Å². The lowest BCUT2D eigenvalue weighted by molar-refractivity contribution is 0.480. The van der Waals surface area contributed by atoms with Crippen LogP contribution >= 0.6 is 22.9 Å². The molecule has 0 radical (unpaired) electrons. The van der Waals surface area contributed by atoms with Gasteiger partial charge in [-0.1, -0.05) is 29.8 Å². The van der Waals surface area contributed by atoms with Crippen molar-refractivity contribution in [2.75, 3.05) is 0 Å². The molecule has 2 aromatic rings. The van der Waals surface area contributed by atoms with Gasteiger partial charge in [0.2, 0.25) is 0 Å². The van der Waals surface area contributed by atoms with E-state index in [9.17, 15) is 0 Å². The van der Waals surface area contributed by atoms with Crippen LogP contribution in [0.2, 0.25) is 5.02 Å². The lowest BCUT2D eigenvalue weighted by Crippen LogP contribution is -2.30. The average molecular weight is 295 g/mol. The van der Waals surface area contributed by atoms with Crippen molar-refractivity contribution >= 4 is 22.9 Å². The van der Waals surface area contributed by atoms with Gasteiger partial charge in [0.25, 0.3) is 0 Å². The van der Waals surface area contributed by atoms with E-state index >= 15 is 0 Å². The summed E-state index contributed by atoms with van der Waals surface area (Å²) in [4.78, 5) is 5.61. The minimum atomic E-state index is 0.324. The summed E-state index contributed by atoms with van der Waals surface area (Å²) in [6, 6.07) is 8.72. The third-order valence-electron chi connectivity index (χ3n) is 3.19. The highest BCUT2D eigenvalue weighted by Gasteiger charge is 2.14. The van der Waals surface area contributed by atoms with Crippen molar-refractivity contribution in [3.8, 4) is 0 Å². The number of thiazole rings is 1. The van der Waals surface area contributed by atoms with E-state index in [4.69, 9.17) is 11.6 Å². The van der Waals surface area contributed by atoms with Gasteiger partial charge in [0, 0.05) is 22.0 Å². The number of benzene rings is 1. The summed E-state index contributed by atoms with van der Waals surface area (Å²) in [6.07, 6.45) is 0.932. The van der Waals surface area contributed by atoms with Crippen LogP contribution in [0.15, 0.2) is 29.8 Å². The molecule has 0 spiro atoms. The molecule has 0 amide bonds. The molecule has 2 nitrogen and oxygen atoms in total. The molecule has 4 heteroatoms. The number of rotatable bonds is 5. The molecule has 19 heavy (non-hydrogen) atoms. The molecule has 0 aliphatic carbocycles. The predicted molar refractivity (Wildman–Crippen MR) is 83.0 cm³/mol. The van der Waals surface area contributed by atoms with Crippen LogP contribution in [-0.2, 0) is 6.42 Å². The summed E-state index contributed by atoms with van der Waals surface area (Å²) in [5, 5.41) is 4.46. The minimum absolute atomic E-state index is 0.324. The third-order valence-corrected chi connectivity index (χ3v) is 4.68. The van der Waals surface area contributed by atoms with E-state index in [1.165, 1.54) is 10.4 Å². The normalized spacial score (nSPS) is 14.3. The lowest BCUT2D eigenvalue weighted by atomic mass is 10.1. The molecule has 1 N–H and O–H groups in total. The second-order valence-electron chi connectivity index (χ2n) is 4.89. The van der Waals surface area contributed by atoms with E-state index in [2.05, 4.69) is 37.1 Å². The molecule has 2 atom stereocenters. The van der Waals surface area contributed by atoms with Crippen LogP contribution < -0.4 is 5.32 Å². The van der Waals surface area contributed by atoms with Crippen LogP contribution in [0.25, 0.3) is 0 Å². The van der Waals surface area contributed by atoms with Crippen molar-refractivity contribution in [2.24, 2.45) is 0 Å². The Labute approximate surface area is 123 Å². The first-order valence-electron chi connectivity index (χ1n) is 6.47.